The van der Waals surface area contributed by atoms with Crippen LogP contribution in [0.4, 0.5) is 5.69 Å². The number of anilines is 1. The molecule has 0 radical (unpaired) electrons. The Balaban J connectivity index is 1.92. The van der Waals surface area contributed by atoms with Crippen LogP contribution < -0.4 is 10.6 Å². The van der Waals surface area contributed by atoms with Gasteiger partial charge < -0.3 is 15.5 Å². The second-order valence-electron chi connectivity index (χ2n) is 7.01. The van der Waals surface area contributed by atoms with Crippen molar-refractivity contribution in [2.45, 2.75) is 24.3 Å². The van der Waals surface area contributed by atoms with Crippen molar-refractivity contribution in [3.63, 3.8) is 0 Å². The summed E-state index contributed by atoms with van der Waals surface area (Å²) >= 11 is 6.12. The molecule has 0 saturated carbocycles. The maximum absolute atomic E-state index is 12.8. The zero-order valence-electron chi connectivity index (χ0n) is 16.3. The molecule has 0 unspecified atom stereocenters. The van der Waals surface area contributed by atoms with Crippen LogP contribution in [0.25, 0.3) is 0 Å². The van der Waals surface area contributed by atoms with E-state index in [0.717, 1.165) is 11.1 Å². The molecular formula is C20H23ClN4O3S. The average Bonchev–Trinajstić information content (AvgIpc) is 2.67. The maximum Gasteiger partial charge on any atom is 0.284 e. The van der Waals surface area contributed by atoms with Crippen LogP contribution >= 0.6 is 11.6 Å². The molecule has 3 rings (SSSR count). The predicted octanol–water partition coefficient (Wildman–Crippen LogP) is 2.45. The van der Waals surface area contributed by atoms with Gasteiger partial charge in [-0.1, -0.05) is 29.8 Å². The van der Waals surface area contributed by atoms with E-state index in [1.165, 1.54) is 12.4 Å². The van der Waals surface area contributed by atoms with E-state index in [9.17, 15) is 13.2 Å². The number of hydrogen-bond acceptors (Lipinski definition) is 4. The third-order valence-corrected chi connectivity index (χ3v) is 6.12. The molecule has 2 N–H and O–H groups in total. The van der Waals surface area contributed by atoms with Gasteiger partial charge in [0.2, 0.25) is 5.91 Å². The molecule has 2 aromatic carbocycles. The maximum atomic E-state index is 12.8. The van der Waals surface area contributed by atoms with Gasteiger partial charge in [-0.2, -0.15) is 8.42 Å². The normalized spacial score (nSPS) is 13.9. The van der Waals surface area contributed by atoms with Crippen LogP contribution in [0.15, 0.2) is 45.7 Å². The van der Waals surface area contributed by atoms with E-state index < -0.39 is 10.0 Å². The molecule has 0 aliphatic carbocycles. The SMILES string of the molecule is CN(C)C=NS(=O)(=O)c1cc(NC(=O)Cc2ccccc2Cl)cc2c1CCNC2. The van der Waals surface area contributed by atoms with Crippen LogP contribution in [0, 0.1) is 0 Å². The lowest BCUT2D eigenvalue weighted by atomic mass is 10.00. The number of amides is 1. The average molecular weight is 435 g/mol. The quantitative estimate of drug-likeness (QED) is 0.538. The van der Waals surface area contributed by atoms with Gasteiger partial charge in [-0.05, 0) is 47.9 Å². The van der Waals surface area contributed by atoms with Gasteiger partial charge in [-0.15, -0.1) is 4.40 Å². The van der Waals surface area contributed by atoms with E-state index in [1.54, 1.807) is 43.3 Å². The monoisotopic (exact) mass is 434 g/mol. The first kappa shape index (κ1) is 21.3. The standard InChI is InChI=1S/C20H23ClN4O3S/c1-25(2)13-23-29(27,28)19-11-16(9-15-12-22-8-7-17(15)19)24-20(26)10-14-5-3-4-6-18(14)21/h3-6,9,11,13,22H,7-8,10,12H2,1-2H3,(H,24,26). The molecule has 1 aliphatic rings. The van der Waals surface area contributed by atoms with Crippen molar-refractivity contribution in [3.8, 4) is 0 Å². The molecule has 0 saturated heterocycles. The number of halogens is 1. The van der Waals surface area contributed by atoms with Crippen LogP contribution in [0.1, 0.15) is 16.7 Å². The molecule has 0 atom stereocenters. The fraction of sp³-hybridized carbons (Fsp3) is 0.300. The van der Waals surface area contributed by atoms with Crippen molar-refractivity contribution in [2.24, 2.45) is 4.40 Å². The van der Waals surface area contributed by atoms with E-state index in [0.29, 0.717) is 35.8 Å². The third kappa shape index (κ3) is 5.35. The highest BCUT2D eigenvalue weighted by Gasteiger charge is 2.23. The Morgan fingerprint density at radius 3 is 2.79 bits per heavy atom. The number of nitrogens with zero attached hydrogens (tertiary/aromatic N) is 2. The van der Waals surface area contributed by atoms with Crippen LogP contribution in [-0.4, -0.2) is 46.2 Å². The van der Waals surface area contributed by atoms with Crippen LogP contribution in [0.2, 0.25) is 5.02 Å². The highest BCUT2D eigenvalue weighted by Crippen LogP contribution is 2.29. The number of carbonyl (C=O) groups is 1. The van der Waals surface area contributed by atoms with Crippen LogP contribution in [-0.2, 0) is 34.2 Å². The van der Waals surface area contributed by atoms with E-state index in [4.69, 9.17) is 11.6 Å². The van der Waals surface area contributed by atoms with Crippen LogP contribution in [0.5, 0.6) is 0 Å². The molecule has 0 spiro atoms. The minimum absolute atomic E-state index is 0.0931. The minimum Gasteiger partial charge on any atom is -0.368 e. The van der Waals surface area contributed by atoms with Gasteiger partial charge in [-0.3, -0.25) is 4.79 Å². The van der Waals surface area contributed by atoms with Crippen molar-refractivity contribution < 1.29 is 13.2 Å². The summed E-state index contributed by atoms with van der Waals surface area (Å²) in [5, 5.41) is 6.53. The summed E-state index contributed by atoms with van der Waals surface area (Å²) in [5.74, 6) is -0.276. The minimum atomic E-state index is -3.89. The zero-order chi connectivity index (χ0) is 21.0. The van der Waals surface area contributed by atoms with Crippen molar-refractivity contribution >= 4 is 39.6 Å². The van der Waals surface area contributed by atoms with Gasteiger partial charge in [0.1, 0.15) is 6.34 Å². The van der Waals surface area contributed by atoms with Gasteiger partial charge in [0, 0.05) is 31.4 Å². The predicted molar refractivity (Wildman–Crippen MR) is 115 cm³/mol. The Labute approximate surface area is 175 Å². The zero-order valence-corrected chi connectivity index (χ0v) is 17.8. The van der Waals surface area contributed by atoms with Gasteiger partial charge in [-0.25, -0.2) is 0 Å². The molecule has 1 aliphatic heterocycles. The molecule has 0 aromatic heterocycles. The van der Waals surface area contributed by atoms with Crippen molar-refractivity contribution in [1.82, 2.24) is 10.2 Å². The second kappa shape index (κ2) is 8.94. The van der Waals surface area contributed by atoms with Crippen LogP contribution in [0.3, 0.4) is 0 Å². The number of hydrogen-bond donors (Lipinski definition) is 2. The Hall–Kier alpha value is -2.42. The molecule has 9 heteroatoms. The molecular weight excluding hydrogens is 412 g/mol. The Kier molecular flexibility index (Phi) is 6.56. The van der Waals surface area contributed by atoms with Gasteiger partial charge in [0.25, 0.3) is 10.0 Å². The van der Waals surface area contributed by atoms with E-state index >= 15 is 0 Å². The number of rotatable bonds is 6. The molecule has 2 aromatic rings. The lowest BCUT2D eigenvalue weighted by molar-refractivity contribution is -0.115. The molecule has 0 bridgehead atoms. The van der Waals surface area contributed by atoms with Crippen molar-refractivity contribution in [1.29, 1.82) is 0 Å². The summed E-state index contributed by atoms with van der Waals surface area (Å²) in [4.78, 5) is 14.2. The molecule has 154 valence electrons. The first-order valence-corrected chi connectivity index (χ1v) is 10.9. The number of nitrogens with one attached hydrogen (secondary N) is 2. The molecule has 1 amide bonds. The van der Waals surface area contributed by atoms with Gasteiger partial charge in [0.05, 0.1) is 11.3 Å². The van der Waals surface area contributed by atoms with Gasteiger partial charge in [0.15, 0.2) is 0 Å². The Morgan fingerprint density at radius 1 is 1.31 bits per heavy atom. The van der Waals surface area contributed by atoms with Crippen molar-refractivity contribution in [3.05, 3.63) is 58.1 Å². The first-order chi connectivity index (χ1) is 13.8. The number of sulfonamides is 1. The summed E-state index contributed by atoms with van der Waals surface area (Å²) in [6, 6.07) is 10.4. The number of fused-ring (bicyclic) bond motifs is 1. The summed E-state index contributed by atoms with van der Waals surface area (Å²) in [6.45, 7) is 1.22. The summed E-state index contributed by atoms with van der Waals surface area (Å²) in [6.07, 6.45) is 1.93. The lowest BCUT2D eigenvalue weighted by Crippen LogP contribution is -2.26. The molecule has 1 heterocycles. The number of carbonyl (C=O) groups excluding carboxylic acids is 1. The van der Waals surface area contributed by atoms with E-state index in [2.05, 4.69) is 15.0 Å². The molecule has 7 nitrogen and oxygen atoms in total. The fourth-order valence-electron chi connectivity index (χ4n) is 3.12. The van der Waals surface area contributed by atoms with Crippen molar-refractivity contribution in [2.75, 3.05) is 26.0 Å². The summed E-state index contributed by atoms with van der Waals surface area (Å²) in [7, 11) is -0.497. The molecule has 0 fully saturated rings. The largest absolute Gasteiger partial charge is 0.368 e. The second-order valence-corrected chi connectivity index (χ2v) is 9.02. The third-order valence-electron chi connectivity index (χ3n) is 4.46. The van der Waals surface area contributed by atoms with E-state index in [1.807, 2.05) is 6.07 Å². The summed E-state index contributed by atoms with van der Waals surface area (Å²) < 4.78 is 29.4. The highest BCUT2D eigenvalue weighted by atomic mass is 35.5. The van der Waals surface area contributed by atoms with Gasteiger partial charge >= 0.3 is 0 Å². The highest BCUT2D eigenvalue weighted by molar-refractivity contribution is 7.90. The topological polar surface area (TPSA) is 90.9 Å². The lowest BCUT2D eigenvalue weighted by Gasteiger charge is -2.21. The fourth-order valence-corrected chi connectivity index (χ4v) is 4.57. The molecule has 29 heavy (non-hydrogen) atoms. The smallest absolute Gasteiger partial charge is 0.284 e. The Morgan fingerprint density at radius 2 is 2.07 bits per heavy atom. The summed E-state index contributed by atoms with van der Waals surface area (Å²) in [5.41, 5.74) is 2.70. The van der Waals surface area contributed by atoms with E-state index in [-0.39, 0.29) is 17.2 Å². The number of benzene rings is 2. The Bertz CT molecular complexity index is 1050. The first-order valence-electron chi connectivity index (χ1n) is 9.13.